The Morgan fingerprint density at radius 1 is 1.16 bits per heavy atom. The molecule has 1 aromatic carbocycles. The van der Waals surface area contributed by atoms with Gasteiger partial charge in [-0.15, -0.1) is 5.92 Å². The van der Waals surface area contributed by atoms with Crippen molar-refractivity contribution < 1.29 is 24.2 Å². The number of carbonyl (C=O) groups is 2. The Balaban J connectivity index is 1.72. The van der Waals surface area contributed by atoms with Crippen molar-refractivity contribution in [1.82, 2.24) is 4.90 Å². The van der Waals surface area contributed by atoms with Crippen LogP contribution >= 0.6 is 0 Å². The molecule has 2 heterocycles. The van der Waals surface area contributed by atoms with Gasteiger partial charge in [0.25, 0.3) is 0 Å². The minimum absolute atomic E-state index is 0.0229. The number of aliphatic hydroxyl groups excluding tert-OH is 1. The summed E-state index contributed by atoms with van der Waals surface area (Å²) in [5.41, 5.74) is 3.82. The first-order valence-corrected chi connectivity index (χ1v) is 11.2. The molecule has 31 heavy (non-hydrogen) atoms. The van der Waals surface area contributed by atoms with Gasteiger partial charge >= 0.3 is 0 Å². The van der Waals surface area contributed by atoms with Crippen LogP contribution in [0, 0.1) is 25.7 Å². The van der Waals surface area contributed by atoms with Crippen LogP contribution in [0.5, 0.6) is 0 Å². The summed E-state index contributed by atoms with van der Waals surface area (Å²) in [6.07, 6.45) is 0.974. The number of ether oxygens (including phenoxy) is 2. The van der Waals surface area contributed by atoms with Crippen LogP contribution < -0.4 is 0 Å². The number of hydrogen-bond acceptors (Lipinski definition) is 5. The topological polar surface area (TPSA) is 76.1 Å². The van der Waals surface area contributed by atoms with Crippen molar-refractivity contribution in [3.8, 4) is 11.8 Å². The second-order valence-corrected chi connectivity index (χ2v) is 8.41. The van der Waals surface area contributed by atoms with E-state index in [2.05, 4.69) is 11.8 Å². The summed E-state index contributed by atoms with van der Waals surface area (Å²) in [7, 11) is 0. The van der Waals surface area contributed by atoms with Gasteiger partial charge in [0.05, 0.1) is 31.7 Å². The summed E-state index contributed by atoms with van der Waals surface area (Å²) in [4.78, 5) is 27.6. The minimum atomic E-state index is -0.774. The van der Waals surface area contributed by atoms with Gasteiger partial charge in [0.2, 0.25) is 5.91 Å². The minimum Gasteiger partial charge on any atom is -0.392 e. The molecule has 0 bridgehead atoms. The van der Waals surface area contributed by atoms with E-state index in [-0.39, 0.29) is 18.1 Å². The van der Waals surface area contributed by atoms with Crippen LogP contribution in [-0.2, 0) is 19.1 Å². The summed E-state index contributed by atoms with van der Waals surface area (Å²) in [5.74, 6) is 5.45. The zero-order chi connectivity index (χ0) is 22.4. The lowest BCUT2D eigenvalue weighted by Gasteiger charge is -2.30. The fraction of sp³-hybridized carbons (Fsp3) is 0.600. The van der Waals surface area contributed by atoms with Crippen LogP contribution in [0.1, 0.15) is 67.2 Å². The number of Topliss-reactive ketones (excluding diaryl/α,β-unsaturated/α-hetero) is 1. The average Bonchev–Trinajstić information content (AvgIpc) is 3.22. The highest BCUT2D eigenvalue weighted by molar-refractivity contribution is 5.87. The molecule has 2 aliphatic rings. The first-order chi connectivity index (χ1) is 14.9. The normalized spacial score (nSPS) is 23.4. The summed E-state index contributed by atoms with van der Waals surface area (Å²) < 4.78 is 10.8. The molecule has 2 aliphatic heterocycles. The van der Waals surface area contributed by atoms with E-state index in [1.807, 2.05) is 26.0 Å². The largest absolute Gasteiger partial charge is 0.392 e. The molecule has 3 rings (SSSR count). The van der Waals surface area contributed by atoms with E-state index in [4.69, 9.17) is 9.47 Å². The van der Waals surface area contributed by atoms with E-state index in [9.17, 15) is 14.7 Å². The van der Waals surface area contributed by atoms with E-state index in [1.165, 1.54) is 0 Å². The number of aryl methyl sites for hydroxylation is 2. The number of benzene rings is 1. The van der Waals surface area contributed by atoms with Crippen molar-refractivity contribution in [1.29, 1.82) is 0 Å². The highest BCUT2D eigenvalue weighted by Crippen LogP contribution is 2.32. The molecule has 1 N–H and O–H groups in total. The lowest BCUT2D eigenvalue weighted by atomic mass is 9.80. The van der Waals surface area contributed by atoms with Crippen LogP contribution in [0.25, 0.3) is 0 Å². The van der Waals surface area contributed by atoms with E-state index < -0.39 is 18.3 Å². The van der Waals surface area contributed by atoms with Crippen molar-refractivity contribution in [2.45, 2.75) is 71.2 Å². The Morgan fingerprint density at radius 2 is 1.81 bits per heavy atom. The zero-order valence-corrected chi connectivity index (χ0v) is 18.8. The predicted molar refractivity (Wildman–Crippen MR) is 118 cm³/mol. The fourth-order valence-electron chi connectivity index (χ4n) is 4.67. The SMILES string of the molecule is CC#Cc1cc(C)c(C2C(=O)CCCN(C(=O)CC3OCCO3)CCCC2O)c(C)c1. The molecule has 2 atom stereocenters. The number of carbonyl (C=O) groups excluding carboxylic acids is 2. The quantitative estimate of drug-likeness (QED) is 0.751. The van der Waals surface area contributed by atoms with Gasteiger partial charge in [-0.3, -0.25) is 9.59 Å². The number of nitrogens with zero attached hydrogens (tertiary/aromatic N) is 1. The third-order valence-corrected chi connectivity index (χ3v) is 6.07. The molecule has 2 unspecified atom stereocenters. The van der Waals surface area contributed by atoms with Gasteiger partial charge in [-0.2, -0.15) is 0 Å². The molecule has 6 nitrogen and oxygen atoms in total. The first-order valence-electron chi connectivity index (χ1n) is 11.2. The Labute approximate surface area is 184 Å². The fourth-order valence-corrected chi connectivity index (χ4v) is 4.67. The van der Waals surface area contributed by atoms with Crippen molar-refractivity contribution in [2.75, 3.05) is 26.3 Å². The lowest BCUT2D eigenvalue weighted by molar-refractivity contribution is -0.140. The van der Waals surface area contributed by atoms with Crippen LogP contribution in [-0.4, -0.2) is 60.4 Å². The molecule has 1 aromatic rings. The number of aliphatic hydroxyl groups is 1. The van der Waals surface area contributed by atoms with Crippen molar-refractivity contribution in [2.24, 2.45) is 0 Å². The summed E-state index contributed by atoms with van der Waals surface area (Å²) in [5, 5.41) is 11.0. The van der Waals surface area contributed by atoms with Gasteiger partial charge in [-0.05, 0) is 68.9 Å². The molecular formula is C25H33NO5. The summed E-state index contributed by atoms with van der Waals surface area (Å²) in [6, 6.07) is 3.98. The molecule has 0 spiro atoms. The smallest absolute Gasteiger partial charge is 0.227 e. The van der Waals surface area contributed by atoms with Crippen molar-refractivity contribution >= 4 is 11.7 Å². The maximum absolute atomic E-state index is 13.2. The van der Waals surface area contributed by atoms with E-state index in [1.54, 1.807) is 11.8 Å². The molecule has 0 radical (unpaired) electrons. The van der Waals surface area contributed by atoms with E-state index in [0.29, 0.717) is 52.0 Å². The molecule has 1 amide bonds. The Kier molecular flexibility index (Phi) is 8.25. The van der Waals surface area contributed by atoms with Gasteiger partial charge < -0.3 is 19.5 Å². The van der Waals surface area contributed by atoms with Crippen LogP contribution in [0.4, 0.5) is 0 Å². The molecule has 0 aromatic heterocycles. The van der Waals surface area contributed by atoms with Gasteiger partial charge in [0.15, 0.2) is 6.29 Å². The molecule has 168 valence electrons. The maximum atomic E-state index is 13.2. The number of hydrogen-bond donors (Lipinski definition) is 1. The van der Waals surface area contributed by atoms with Gasteiger partial charge in [-0.1, -0.05) is 5.92 Å². The molecule has 0 saturated carbocycles. The molecule has 2 saturated heterocycles. The van der Waals surface area contributed by atoms with E-state index >= 15 is 0 Å². The van der Waals surface area contributed by atoms with Crippen molar-refractivity contribution in [3.05, 3.63) is 34.4 Å². The maximum Gasteiger partial charge on any atom is 0.227 e. The number of rotatable bonds is 3. The third-order valence-electron chi connectivity index (χ3n) is 6.07. The number of ketones is 1. The zero-order valence-electron chi connectivity index (χ0n) is 18.8. The highest BCUT2D eigenvalue weighted by Gasteiger charge is 2.32. The van der Waals surface area contributed by atoms with Crippen molar-refractivity contribution in [3.63, 3.8) is 0 Å². The third kappa shape index (κ3) is 5.94. The lowest BCUT2D eigenvalue weighted by Crippen LogP contribution is -2.38. The first kappa shape index (κ1) is 23.5. The standard InChI is InChI=1S/C25H33NO5/c1-4-7-19-14-17(2)24(18(3)15-19)25-20(27)8-5-10-26(11-6-9-21(25)28)22(29)16-23-30-12-13-31-23/h14-15,20,23,25,27H,5-6,8-13,16H2,1-3H3. The predicted octanol–water partition coefficient (Wildman–Crippen LogP) is 2.85. The second-order valence-electron chi connectivity index (χ2n) is 8.41. The summed E-state index contributed by atoms with van der Waals surface area (Å²) in [6.45, 7) is 7.89. The van der Waals surface area contributed by atoms with Crippen LogP contribution in [0.2, 0.25) is 0 Å². The van der Waals surface area contributed by atoms with Crippen LogP contribution in [0.15, 0.2) is 12.1 Å². The van der Waals surface area contributed by atoms with E-state index in [0.717, 1.165) is 22.3 Å². The van der Waals surface area contributed by atoms with Crippen LogP contribution in [0.3, 0.4) is 0 Å². The van der Waals surface area contributed by atoms with Gasteiger partial charge in [-0.25, -0.2) is 0 Å². The Bertz CT molecular complexity index is 839. The molecule has 6 heteroatoms. The molecular weight excluding hydrogens is 394 g/mol. The molecule has 0 aliphatic carbocycles. The second kappa shape index (κ2) is 10.9. The monoisotopic (exact) mass is 427 g/mol. The highest BCUT2D eigenvalue weighted by atomic mass is 16.7. The Hall–Kier alpha value is -2.20. The molecule has 2 fully saturated rings. The Morgan fingerprint density at radius 3 is 2.45 bits per heavy atom. The summed E-state index contributed by atoms with van der Waals surface area (Å²) >= 11 is 0. The number of amides is 1. The van der Waals surface area contributed by atoms with Gasteiger partial charge in [0, 0.05) is 25.1 Å². The average molecular weight is 428 g/mol. The van der Waals surface area contributed by atoms with Gasteiger partial charge in [0.1, 0.15) is 5.78 Å².